The van der Waals surface area contributed by atoms with E-state index in [0.29, 0.717) is 6.04 Å². The Kier molecular flexibility index (Phi) is 4.42. The van der Waals surface area contributed by atoms with Crippen molar-refractivity contribution < 1.29 is 0 Å². The highest BCUT2D eigenvalue weighted by atomic mass is 15.2. The lowest BCUT2D eigenvalue weighted by molar-refractivity contribution is 0.154. The number of benzene rings is 1. The number of fused-ring (bicyclic) bond motifs is 1. The minimum Gasteiger partial charge on any atom is -0.308 e. The Balaban J connectivity index is 1.54. The monoisotopic (exact) mass is 272 g/mol. The number of rotatable bonds is 3. The van der Waals surface area contributed by atoms with E-state index < -0.39 is 0 Å². The van der Waals surface area contributed by atoms with Crippen LogP contribution in [0.1, 0.15) is 43.7 Å². The molecule has 0 amide bonds. The Labute approximate surface area is 123 Å². The zero-order valence-corrected chi connectivity index (χ0v) is 12.9. The molecule has 0 saturated heterocycles. The third-order valence-electron chi connectivity index (χ3n) is 5.28. The highest BCUT2D eigenvalue weighted by Gasteiger charge is 2.25. The van der Waals surface area contributed by atoms with Gasteiger partial charge in [-0.2, -0.15) is 0 Å². The standard InChI is InChI=1S/C18H28N2/c1-14-7-9-18(10-8-14)20(2)13-17-11-15-5-3-4-6-16(15)12-19-17/h3-6,14,17-19H,7-13H2,1-2H3. The van der Waals surface area contributed by atoms with Gasteiger partial charge in [0.15, 0.2) is 0 Å². The third kappa shape index (κ3) is 3.24. The van der Waals surface area contributed by atoms with Crippen LogP contribution in [0.5, 0.6) is 0 Å². The SMILES string of the molecule is CC1CCC(N(C)CC2Cc3ccccc3CN2)CC1. The largest absolute Gasteiger partial charge is 0.308 e. The molecule has 2 aliphatic rings. The van der Waals surface area contributed by atoms with Gasteiger partial charge in [-0.05, 0) is 56.2 Å². The Morgan fingerprint density at radius 1 is 1.10 bits per heavy atom. The van der Waals surface area contributed by atoms with E-state index in [1.165, 1.54) is 44.2 Å². The van der Waals surface area contributed by atoms with Crippen LogP contribution in [0.15, 0.2) is 24.3 Å². The number of hydrogen-bond acceptors (Lipinski definition) is 2. The molecule has 1 fully saturated rings. The molecule has 1 atom stereocenters. The maximum Gasteiger partial charge on any atom is 0.0238 e. The molecule has 110 valence electrons. The van der Waals surface area contributed by atoms with Crippen LogP contribution in [0.4, 0.5) is 0 Å². The summed E-state index contributed by atoms with van der Waals surface area (Å²) in [6.07, 6.45) is 6.79. The van der Waals surface area contributed by atoms with E-state index in [2.05, 4.69) is 48.5 Å². The molecule has 20 heavy (non-hydrogen) atoms. The average molecular weight is 272 g/mol. The van der Waals surface area contributed by atoms with Crippen LogP contribution in [-0.2, 0) is 13.0 Å². The van der Waals surface area contributed by atoms with Gasteiger partial charge in [0.2, 0.25) is 0 Å². The summed E-state index contributed by atoms with van der Waals surface area (Å²) in [5.74, 6) is 0.944. The Morgan fingerprint density at radius 3 is 2.55 bits per heavy atom. The van der Waals surface area contributed by atoms with Gasteiger partial charge in [-0.3, -0.25) is 0 Å². The van der Waals surface area contributed by atoms with Crippen LogP contribution < -0.4 is 5.32 Å². The fraction of sp³-hybridized carbons (Fsp3) is 0.667. The highest BCUT2D eigenvalue weighted by molar-refractivity contribution is 5.29. The van der Waals surface area contributed by atoms with Gasteiger partial charge < -0.3 is 10.2 Å². The molecule has 1 heterocycles. The van der Waals surface area contributed by atoms with Crippen molar-refractivity contribution in [1.29, 1.82) is 0 Å². The molecular formula is C18H28N2. The summed E-state index contributed by atoms with van der Waals surface area (Å²) in [4.78, 5) is 2.61. The highest BCUT2D eigenvalue weighted by Crippen LogP contribution is 2.27. The minimum atomic E-state index is 0.620. The Morgan fingerprint density at radius 2 is 1.80 bits per heavy atom. The van der Waals surface area contributed by atoms with Gasteiger partial charge in [0.1, 0.15) is 0 Å². The van der Waals surface area contributed by atoms with Gasteiger partial charge in [0.05, 0.1) is 0 Å². The summed E-state index contributed by atoms with van der Waals surface area (Å²) < 4.78 is 0. The lowest BCUT2D eigenvalue weighted by atomic mass is 9.86. The molecule has 0 spiro atoms. The lowest BCUT2D eigenvalue weighted by Gasteiger charge is -2.37. The number of nitrogens with zero attached hydrogens (tertiary/aromatic N) is 1. The first-order valence-electron chi connectivity index (χ1n) is 8.23. The zero-order chi connectivity index (χ0) is 13.9. The van der Waals surface area contributed by atoms with Gasteiger partial charge in [0.25, 0.3) is 0 Å². The summed E-state index contributed by atoms with van der Waals surface area (Å²) in [6, 6.07) is 10.3. The molecule has 0 bridgehead atoms. The molecular weight excluding hydrogens is 244 g/mol. The van der Waals surface area contributed by atoms with Gasteiger partial charge in [0, 0.05) is 25.2 Å². The van der Waals surface area contributed by atoms with Gasteiger partial charge in [-0.1, -0.05) is 31.2 Å². The van der Waals surface area contributed by atoms with E-state index in [1.807, 2.05) is 0 Å². The van der Waals surface area contributed by atoms with Crippen molar-refractivity contribution in [3.63, 3.8) is 0 Å². The quantitative estimate of drug-likeness (QED) is 0.909. The third-order valence-corrected chi connectivity index (χ3v) is 5.28. The second-order valence-corrected chi connectivity index (χ2v) is 6.90. The minimum absolute atomic E-state index is 0.620. The van der Waals surface area contributed by atoms with Crippen LogP contribution in [0, 0.1) is 5.92 Å². The summed E-state index contributed by atoms with van der Waals surface area (Å²) in [5, 5.41) is 3.71. The first kappa shape index (κ1) is 14.1. The van der Waals surface area contributed by atoms with Crippen molar-refractivity contribution >= 4 is 0 Å². The maximum absolute atomic E-state index is 3.71. The Bertz CT molecular complexity index is 435. The molecule has 1 unspecified atom stereocenters. The number of hydrogen-bond donors (Lipinski definition) is 1. The van der Waals surface area contributed by atoms with Crippen LogP contribution in [0.25, 0.3) is 0 Å². The van der Waals surface area contributed by atoms with E-state index in [4.69, 9.17) is 0 Å². The van der Waals surface area contributed by atoms with Crippen LogP contribution in [0.2, 0.25) is 0 Å². The van der Waals surface area contributed by atoms with E-state index in [1.54, 1.807) is 5.56 Å². The van der Waals surface area contributed by atoms with Crippen molar-refractivity contribution in [1.82, 2.24) is 10.2 Å². The van der Waals surface area contributed by atoms with Crippen LogP contribution in [0.3, 0.4) is 0 Å². The topological polar surface area (TPSA) is 15.3 Å². The van der Waals surface area contributed by atoms with Crippen molar-refractivity contribution in [3.8, 4) is 0 Å². The molecule has 3 rings (SSSR count). The van der Waals surface area contributed by atoms with E-state index in [9.17, 15) is 0 Å². The summed E-state index contributed by atoms with van der Waals surface area (Å²) in [6.45, 7) is 4.62. The van der Waals surface area contributed by atoms with E-state index in [0.717, 1.165) is 18.5 Å². The molecule has 1 N–H and O–H groups in total. The van der Waals surface area contributed by atoms with Gasteiger partial charge in [-0.25, -0.2) is 0 Å². The molecule has 1 aromatic rings. The second-order valence-electron chi connectivity index (χ2n) is 6.90. The van der Waals surface area contributed by atoms with Gasteiger partial charge >= 0.3 is 0 Å². The maximum atomic E-state index is 3.71. The normalized spacial score (nSPS) is 30.2. The van der Waals surface area contributed by atoms with E-state index >= 15 is 0 Å². The fourth-order valence-corrected chi connectivity index (χ4v) is 3.83. The number of nitrogens with one attached hydrogen (secondary N) is 1. The van der Waals surface area contributed by atoms with Crippen molar-refractivity contribution in [3.05, 3.63) is 35.4 Å². The molecule has 1 aromatic carbocycles. The second kappa shape index (κ2) is 6.28. The fourth-order valence-electron chi connectivity index (χ4n) is 3.83. The predicted octanol–water partition coefficient (Wildman–Crippen LogP) is 3.21. The lowest BCUT2D eigenvalue weighted by Crippen LogP contribution is -2.47. The van der Waals surface area contributed by atoms with E-state index in [-0.39, 0.29) is 0 Å². The Hall–Kier alpha value is -0.860. The van der Waals surface area contributed by atoms with Crippen molar-refractivity contribution in [2.24, 2.45) is 5.92 Å². The molecule has 1 aliphatic carbocycles. The van der Waals surface area contributed by atoms with Crippen LogP contribution in [-0.4, -0.2) is 30.6 Å². The zero-order valence-electron chi connectivity index (χ0n) is 12.9. The molecule has 0 aromatic heterocycles. The van der Waals surface area contributed by atoms with Crippen molar-refractivity contribution in [2.45, 2.75) is 57.7 Å². The summed E-state index contributed by atoms with van der Waals surface area (Å²) in [5.41, 5.74) is 3.03. The van der Waals surface area contributed by atoms with Gasteiger partial charge in [-0.15, -0.1) is 0 Å². The summed E-state index contributed by atoms with van der Waals surface area (Å²) in [7, 11) is 2.32. The molecule has 1 saturated carbocycles. The predicted molar refractivity (Wildman–Crippen MR) is 84.8 cm³/mol. The molecule has 0 radical (unpaired) electrons. The first-order valence-corrected chi connectivity index (χ1v) is 8.23. The molecule has 1 aliphatic heterocycles. The molecule has 2 heteroatoms. The van der Waals surface area contributed by atoms with Crippen molar-refractivity contribution in [2.75, 3.05) is 13.6 Å². The average Bonchev–Trinajstić information content (AvgIpc) is 2.48. The summed E-state index contributed by atoms with van der Waals surface area (Å²) >= 11 is 0. The first-order chi connectivity index (χ1) is 9.72. The number of likely N-dealkylation sites (N-methyl/N-ethyl adjacent to an activating group) is 1. The molecule has 2 nitrogen and oxygen atoms in total. The smallest absolute Gasteiger partial charge is 0.0238 e. The van der Waals surface area contributed by atoms with Crippen LogP contribution >= 0.6 is 0 Å².